The molecule has 2 aromatic rings. The zero-order valence-corrected chi connectivity index (χ0v) is 10.3. The monoisotopic (exact) mass is 242 g/mol. The van der Waals surface area contributed by atoms with Gasteiger partial charge < -0.3 is 0 Å². The van der Waals surface area contributed by atoms with E-state index in [9.17, 15) is 0 Å². The molecule has 0 N–H and O–H groups in total. The van der Waals surface area contributed by atoms with Gasteiger partial charge in [0.2, 0.25) is 0 Å². The number of hydrogen-bond acceptors (Lipinski definition) is 2. The molecular formula is C14H10S2. The molecule has 0 nitrogen and oxygen atoms in total. The smallest absolute Gasteiger partial charge is 0.0382 e. The van der Waals surface area contributed by atoms with Crippen LogP contribution in [0.4, 0.5) is 0 Å². The standard InChI is InChI=1S/C14H10S2/c15-13-7-3-1-5-11(13)9-10-12-6-2-4-8-14(12)16/h1-8,15-16H. The van der Waals surface area contributed by atoms with E-state index in [4.69, 9.17) is 0 Å². The molecule has 0 saturated heterocycles. The molecule has 0 atom stereocenters. The minimum atomic E-state index is 0.895. The highest BCUT2D eigenvalue weighted by molar-refractivity contribution is 7.80. The van der Waals surface area contributed by atoms with Gasteiger partial charge in [0.15, 0.2) is 0 Å². The van der Waals surface area contributed by atoms with Gasteiger partial charge in [-0.15, -0.1) is 25.3 Å². The van der Waals surface area contributed by atoms with Crippen molar-refractivity contribution < 1.29 is 0 Å². The van der Waals surface area contributed by atoms with Crippen molar-refractivity contribution in [2.24, 2.45) is 0 Å². The molecular weight excluding hydrogens is 232 g/mol. The lowest BCUT2D eigenvalue weighted by Gasteiger charge is -1.96. The van der Waals surface area contributed by atoms with Crippen molar-refractivity contribution in [2.45, 2.75) is 9.79 Å². The highest BCUT2D eigenvalue weighted by Gasteiger charge is 1.94. The van der Waals surface area contributed by atoms with Gasteiger partial charge >= 0.3 is 0 Å². The van der Waals surface area contributed by atoms with Gasteiger partial charge in [0.1, 0.15) is 0 Å². The van der Waals surface area contributed by atoms with E-state index in [-0.39, 0.29) is 0 Å². The first-order valence-electron chi connectivity index (χ1n) is 4.85. The van der Waals surface area contributed by atoms with Crippen LogP contribution in [0.3, 0.4) is 0 Å². The van der Waals surface area contributed by atoms with Crippen LogP contribution in [0.5, 0.6) is 0 Å². The first-order chi connectivity index (χ1) is 7.77. The fourth-order valence-electron chi connectivity index (χ4n) is 1.29. The predicted molar refractivity (Wildman–Crippen MR) is 73.4 cm³/mol. The van der Waals surface area contributed by atoms with Crippen LogP contribution in [0.15, 0.2) is 58.3 Å². The van der Waals surface area contributed by atoms with Crippen molar-refractivity contribution in [3.8, 4) is 11.8 Å². The first kappa shape index (κ1) is 11.2. The summed E-state index contributed by atoms with van der Waals surface area (Å²) in [4.78, 5) is 1.79. The van der Waals surface area contributed by atoms with Crippen LogP contribution in [0.1, 0.15) is 11.1 Å². The van der Waals surface area contributed by atoms with E-state index in [1.165, 1.54) is 0 Å². The summed E-state index contributed by atoms with van der Waals surface area (Å²) in [6.45, 7) is 0. The Morgan fingerprint density at radius 1 is 0.625 bits per heavy atom. The maximum atomic E-state index is 4.35. The summed E-state index contributed by atoms with van der Waals surface area (Å²) in [6.07, 6.45) is 0. The Kier molecular flexibility index (Phi) is 3.61. The fraction of sp³-hybridized carbons (Fsp3) is 0. The quantitative estimate of drug-likeness (QED) is 0.511. The van der Waals surface area contributed by atoms with E-state index in [1.54, 1.807) is 0 Å². The summed E-state index contributed by atoms with van der Waals surface area (Å²) in [5.41, 5.74) is 1.87. The van der Waals surface area contributed by atoms with Crippen molar-refractivity contribution in [1.29, 1.82) is 0 Å². The van der Waals surface area contributed by atoms with Gasteiger partial charge in [0.25, 0.3) is 0 Å². The van der Waals surface area contributed by atoms with Gasteiger partial charge in [0, 0.05) is 20.9 Å². The zero-order valence-electron chi connectivity index (χ0n) is 8.51. The van der Waals surface area contributed by atoms with Crippen molar-refractivity contribution in [1.82, 2.24) is 0 Å². The Balaban J connectivity index is 2.36. The molecule has 0 amide bonds. The minimum absolute atomic E-state index is 0.895. The lowest BCUT2D eigenvalue weighted by atomic mass is 10.2. The molecule has 0 saturated carbocycles. The molecule has 0 fully saturated rings. The molecule has 0 heterocycles. The van der Waals surface area contributed by atoms with E-state index < -0.39 is 0 Å². The van der Waals surface area contributed by atoms with Gasteiger partial charge in [-0.25, -0.2) is 0 Å². The van der Waals surface area contributed by atoms with E-state index in [0.717, 1.165) is 20.9 Å². The third-order valence-electron chi connectivity index (χ3n) is 2.14. The van der Waals surface area contributed by atoms with Crippen LogP contribution in [0.25, 0.3) is 0 Å². The van der Waals surface area contributed by atoms with E-state index in [1.807, 2.05) is 48.5 Å². The third kappa shape index (κ3) is 2.63. The maximum Gasteiger partial charge on any atom is 0.0382 e. The van der Waals surface area contributed by atoms with E-state index in [2.05, 4.69) is 37.1 Å². The molecule has 0 bridgehead atoms. The Labute approximate surface area is 107 Å². The molecule has 0 aliphatic heterocycles. The van der Waals surface area contributed by atoms with Crippen molar-refractivity contribution >= 4 is 25.3 Å². The molecule has 16 heavy (non-hydrogen) atoms. The van der Waals surface area contributed by atoms with Crippen molar-refractivity contribution in [2.75, 3.05) is 0 Å². The van der Waals surface area contributed by atoms with Crippen molar-refractivity contribution in [3.63, 3.8) is 0 Å². The Morgan fingerprint density at radius 3 is 1.38 bits per heavy atom. The normalized spacial score (nSPS) is 9.38. The summed E-state index contributed by atoms with van der Waals surface area (Å²) in [5, 5.41) is 0. The lowest BCUT2D eigenvalue weighted by Crippen LogP contribution is -1.79. The number of rotatable bonds is 0. The van der Waals surface area contributed by atoms with Gasteiger partial charge in [-0.2, -0.15) is 0 Å². The molecule has 0 spiro atoms. The Morgan fingerprint density at radius 2 is 1.00 bits per heavy atom. The van der Waals surface area contributed by atoms with Crippen LogP contribution in [0, 0.1) is 11.8 Å². The number of hydrogen-bond donors (Lipinski definition) is 2. The summed E-state index contributed by atoms with van der Waals surface area (Å²) < 4.78 is 0. The highest BCUT2D eigenvalue weighted by atomic mass is 32.1. The summed E-state index contributed by atoms with van der Waals surface area (Å²) in [7, 11) is 0. The second-order valence-electron chi connectivity index (χ2n) is 3.28. The van der Waals surface area contributed by atoms with Gasteiger partial charge in [-0.05, 0) is 24.3 Å². The van der Waals surface area contributed by atoms with Crippen LogP contribution in [0.2, 0.25) is 0 Å². The fourth-order valence-corrected chi connectivity index (χ4v) is 1.73. The van der Waals surface area contributed by atoms with Crippen LogP contribution < -0.4 is 0 Å². The summed E-state index contributed by atoms with van der Waals surface area (Å²) in [6, 6.07) is 15.6. The topological polar surface area (TPSA) is 0 Å². The molecule has 0 aliphatic carbocycles. The molecule has 2 heteroatoms. The van der Waals surface area contributed by atoms with Crippen molar-refractivity contribution in [3.05, 3.63) is 59.7 Å². The van der Waals surface area contributed by atoms with Crippen LogP contribution >= 0.6 is 25.3 Å². The van der Waals surface area contributed by atoms with Gasteiger partial charge in [-0.1, -0.05) is 36.1 Å². The maximum absolute atomic E-state index is 4.35. The molecule has 78 valence electrons. The second kappa shape index (κ2) is 5.16. The minimum Gasteiger partial charge on any atom is -0.142 e. The molecule has 0 aliphatic rings. The Hall–Kier alpha value is -1.30. The highest BCUT2D eigenvalue weighted by Crippen LogP contribution is 2.14. The summed E-state index contributed by atoms with van der Waals surface area (Å²) in [5.74, 6) is 6.19. The van der Waals surface area contributed by atoms with Gasteiger partial charge in [0.05, 0.1) is 0 Å². The summed E-state index contributed by atoms with van der Waals surface area (Å²) >= 11 is 8.70. The van der Waals surface area contributed by atoms with E-state index in [0.29, 0.717) is 0 Å². The predicted octanol–water partition coefficient (Wildman–Crippen LogP) is 3.66. The Bertz CT molecular complexity index is 513. The zero-order chi connectivity index (χ0) is 11.4. The lowest BCUT2D eigenvalue weighted by molar-refractivity contribution is 1.41. The average molecular weight is 242 g/mol. The SMILES string of the molecule is Sc1ccccc1C#Cc1ccccc1S. The number of benzene rings is 2. The molecule has 2 aromatic carbocycles. The average Bonchev–Trinajstić information content (AvgIpc) is 2.30. The van der Waals surface area contributed by atoms with Gasteiger partial charge in [-0.3, -0.25) is 0 Å². The molecule has 0 unspecified atom stereocenters. The number of thiol groups is 2. The molecule has 2 rings (SSSR count). The second-order valence-corrected chi connectivity index (χ2v) is 4.25. The van der Waals surface area contributed by atoms with Crippen LogP contribution in [-0.4, -0.2) is 0 Å². The first-order valence-corrected chi connectivity index (χ1v) is 5.75. The van der Waals surface area contributed by atoms with Crippen LogP contribution in [-0.2, 0) is 0 Å². The molecule has 0 radical (unpaired) electrons. The largest absolute Gasteiger partial charge is 0.142 e. The molecule has 0 aromatic heterocycles. The third-order valence-corrected chi connectivity index (χ3v) is 2.92. The van der Waals surface area contributed by atoms with E-state index >= 15 is 0 Å².